The number of benzene rings is 1. The molecule has 0 aliphatic heterocycles. The van der Waals surface area contributed by atoms with Gasteiger partial charge in [-0.25, -0.2) is 0 Å². The van der Waals surface area contributed by atoms with Crippen LogP contribution in [-0.2, 0) is 0 Å². The van der Waals surface area contributed by atoms with Crippen LogP contribution in [0, 0.1) is 18.3 Å². The van der Waals surface area contributed by atoms with E-state index in [0.29, 0.717) is 10.6 Å². The molecule has 0 atom stereocenters. The number of halogens is 1. The largest absolute Gasteiger partial charge is 0.193 e. The van der Waals surface area contributed by atoms with Crippen LogP contribution < -0.4 is 0 Å². The summed E-state index contributed by atoms with van der Waals surface area (Å²) in [5.41, 5.74) is 2.74. The van der Waals surface area contributed by atoms with Crippen molar-refractivity contribution in [2.24, 2.45) is 0 Å². The van der Waals surface area contributed by atoms with Crippen molar-refractivity contribution in [3.63, 3.8) is 0 Å². The lowest BCUT2D eigenvalue weighted by Gasteiger charge is -2.06. The minimum Gasteiger partial charge on any atom is -0.193 e. The molecule has 0 saturated heterocycles. The number of allylic oxidation sites excluding steroid dienone is 1. The molecule has 0 saturated carbocycles. The highest BCUT2D eigenvalue weighted by atomic mass is 35.5. The van der Waals surface area contributed by atoms with Crippen molar-refractivity contribution in [1.29, 1.82) is 5.26 Å². The molecule has 0 aliphatic rings. The van der Waals surface area contributed by atoms with E-state index in [2.05, 4.69) is 6.07 Å². The second-order valence-corrected chi connectivity index (χ2v) is 3.85. The SMILES string of the molecule is CCC/C(C#N)=C(/Cl)c1ccccc1C. The van der Waals surface area contributed by atoms with Gasteiger partial charge in [-0.1, -0.05) is 49.2 Å². The van der Waals surface area contributed by atoms with Gasteiger partial charge in [-0.2, -0.15) is 5.26 Å². The Balaban J connectivity index is 3.18. The maximum atomic E-state index is 8.99. The summed E-state index contributed by atoms with van der Waals surface area (Å²) in [7, 11) is 0. The van der Waals surface area contributed by atoms with Gasteiger partial charge in [0, 0.05) is 5.57 Å². The number of nitrogens with zero attached hydrogens (tertiary/aromatic N) is 1. The molecule has 0 fully saturated rings. The lowest BCUT2D eigenvalue weighted by molar-refractivity contribution is 0.933. The molecule has 2 heteroatoms. The van der Waals surface area contributed by atoms with Crippen LogP contribution in [0.1, 0.15) is 30.9 Å². The van der Waals surface area contributed by atoms with Gasteiger partial charge in [0.05, 0.1) is 11.1 Å². The third-order valence-corrected chi connectivity index (χ3v) is 2.71. The fraction of sp³-hybridized carbons (Fsp3) is 0.308. The van der Waals surface area contributed by atoms with Crippen molar-refractivity contribution in [3.8, 4) is 6.07 Å². The van der Waals surface area contributed by atoms with Gasteiger partial charge < -0.3 is 0 Å². The molecule has 78 valence electrons. The van der Waals surface area contributed by atoms with E-state index in [-0.39, 0.29) is 0 Å². The van der Waals surface area contributed by atoms with Crippen LogP contribution in [0.3, 0.4) is 0 Å². The smallest absolute Gasteiger partial charge is 0.0962 e. The van der Waals surface area contributed by atoms with Gasteiger partial charge in [0.25, 0.3) is 0 Å². The van der Waals surface area contributed by atoms with E-state index >= 15 is 0 Å². The molecule has 0 unspecified atom stereocenters. The summed E-state index contributed by atoms with van der Waals surface area (Å²) in [6.45, 7) is 4.04. The first-order valence-electron chi connectivity index (χ1n) is 5.05. The molecule has 0 aromatic heterocycles. The highest BCUT2D eigenvalue weighted by Crippen LogP contribution is 2.27. The zero-order valence-corrected chi connectivity index (χ0v) is 9.80. The number of hydrogen-bond acceptors (Lipinski definition) is 1. The Bertz CT molecular complexity index is 413. The standard InChI is InChI=1S/C13H14ClN/c1-3-6-11(9-15)13(14)12-8-5-4-7-10(12)2/h4-5,7-8H,3,6H2,1-2H3/b13-11-. The molecule has 0 amide bonds. The summed E-state index contributed by atoms with van der Waals surface area (Å²) in [6.07, 6.45) is 1.68. The van der Waals surface area contributed by atoms with Gasteiger partial charge >= 0.3 is 0 Å². The first-order chi connectivity index (χ1) is 7.20. The molecule has 15 heavy (non-hydrogen) atoms. The molecule has 0 N–H and O–H groups in total. The Morgan fingerprint density at radius 2 is 2.07 bits per heavy atom. The number of rotatable bonds is 3. The zero-order valence-electron chi connectivity index (χ0n) is 9.05. The van der Waals surface area contributed by atoms with Gasteiger partial charge in [0.2, 0.25) is 0 Å². The summed E-state index contributed by atoms with van der Waals surface area (Å²) >= 11 is 6.21. The van der Waals surface area contributed by atoms with Crippen molar-refractivity contribution in [2.45, 2.75) is 26.7 Å². The molecule has 1 rings (SSSR count). The zero-order chi connectivity index (χ0) is 11.3. The highest BCUT2D eigenvalue weighted by molar-refractivity contribution is 6.49. The summed E-state index contributed by atoms with van der Waals surface area (Å²) < 4.78 is 0. The Morgan fingerprint density at radius 3 is 2.60 bits per heavy atom. The highest BCUT2D eigenvalue weighted by Gasteiger charge is 2.07. The van der Waals surface area contributed by atoms with Crippen LogP contribution >= 0.6 is 11.6 Å². The average molecular weight is 220 g/mol. The van der Waals surface area contributed by atoms with Crippen molar-refractivity contribution < 1.29 is 0 Å². The van der Waals surface area contributed by atoms with Crippen LogP contribution in [-0.4, -0.2) is 0 Å². The fourth-order valence-corrected chi connectivity index (χ4v) is 1.80. The van der Waals surface area contributed by atoms with Crippen LogP contribution in [0.15, 0.2) is 29.8 Å². The Morgan fingerprint density at radius 1 is 1.40 bits per heavy atom. The van der Waals surface area contributed by atoms with Crippen molar-refractivity contribution in [3.05, 3.63) is 41.0 Å². The number of aryl methyl sites for hydroxylation is 1. The summed E-state index contributed by atoms with van der Waals surface area (Å²) in [5, 5.41) is 9.58. The Kier molecular flexibility index (Phi) is 4.39. The predicted molar refractivity (Wildman–Crippen MR) is 64.5 cm³/mol. The molecule has 1 aromatic rings. The first kappa shape index (κ1) is 11.8. The first-order valence-corrected chi connectivity index (χ1v) is 5.43. The maximum absolute atomic E-state index is 8.99. The van der Waals surface area contributed by atoms with E-state index in [4.69, 9.17) is 16.9 Å². The van der Waals surface area contributed by atoms with Crippen LogP contribution in [0.4, 0.5) is 0 Å². The lowest BCUT2D eigenvalue weighted by atomic mass is 10.0. The topological polar surface area (TPSA) is 23.8 Å². The second kappa shape index (κ2) is 5.58. The minimum atomic E-state index is 0.595. The molecule has 1 nitrogen and oxygen atoms in total. The normalized spacial score (nSPS) is 11.9. The molecule has 0 spiro atoms. The Labute approximate surface area is 96.0 Å². The third-order valence-electron chi connectivity index (χ3n) is 2.28. The summed E-state index contributed by atoms with van der Waals surface area (Å²) in [6, 6.07) is 10.0. The second-order valence-electron chi connectivity index (χ2n) is 3.47. The molecule has 1 aromatic carbocycles. The van der Waals surface area contributed by atoms with E-state index in [1.54, 1.807) is 0 Å². The van der Waals surface area contributed by atoms with Gasteiger partial charge in [-0.15, -0.1) is 0 Å². The van der Waals surface area contributed by atoms with E-state index in [9.17, 15) is 0 Å². The summed E-state index contributed by atoms with van der Waals surface area (Å²) in [5.74, 6) is 0. The van der Waals surface area contributed by atoms with E-state index in [1.807, 2.05) is 38.1 Å². The predicted octanol–water partition coefficient (Wildman–Crippen LogP) is 4.27. The van der Waals surface area contributed by atoms with Crippen LogP contribution in [0.5, 0.6) is 0 Å². The molecule has 0 bridgehead atoms. The molecular weight excluding hydrogens is 206 g/mol. The summed E-state index contributed by atoms with van der Waals surface area (Å²) in [4.78, 5) is 0. The van der Waals surface area contributed by atoms with Gasteiger partial charge in [-0.05, 0) is 24.5 Å². The van der Waals surface area contributed by atoms with E-state index in [1.165, 1.54) is 0 Å². The number of hydrogen-bond donors (Lipinski definition) is 0. The lowest BCUT2D eigenvalue weighted by Crippen LogP contribution is -1.88. The number of nitriles is 1. The average Bonchev–Trinajstić information content (AvgIpc) is 2.25. The van der Waals surface area contributed by atoms with Gasteiger partial charge in [0.15, 0.2) is 0 Å². The molecule has 0 heterocycles. The van der Waals surface area contributed by atoms with Crippen molar-refractivity contribution >= 4 is 16.6 Å². The molecule has 0 aliphatic carbocycles. The molecule has 0 radical (unpaired) electrons. The van der Waals surface area contributed by atoms with Crippen LogP contribution in [0.2, 0.25) is 0 Å². The maximum Gasteiger partial charge on any atom is 0.0962 e. The monoisotopic (exact) mass is 219 g/mol. The van der Waals surface area contributed by atoms with Gasteiger partial charge in [-0.3, -0.25) is 0 Å². The van der Waals surface area contributed by atoms with E-state index in [0.717, 1.165) is 24.0 Å². The molecular formula is C13H14ClN. The van der Waals surface area contributed by atoms with Crippen molar-refractivity contribution in [2.75, 3.05) is 0 Å². The fourth-order valence-electron chi connectivity index (χ4n) is 1.45. The van der Waals surface area contributed by atoms with E-state index < -0.39 is 0 Å². The van der Waals surface area contributed by atoms with Gasteiger partial charge in [0.1, 0.15) is 0 Å². The third kappa shape index (κ3) is 2.84. The quantitative estimate of drug-likeness (QED) is 0.697. The van der Waals surface area contributed by atoms with Crippen LogP contribution in [0.25, 0.3) is 5.03 Å². The minimum absolute atomic E-state index is 0.595. The Hall–Kier alpha value is -1.26. The van der Waals surface area contributed by atoms with Crippen molar-refractivity contribution in [1.82, 2.24) is 0 Å².